The second-order valence-corrected chi connectivity index (χ2v) is 2.70. The fourth-order valence-corrected chi connectivity index (χ4v) is 0.983. The summed E-state index contributed by atoms with van der Waals surface area (Å²) in [5.74, 6) is 0.677. The lowest BCUT2D eigenvalue weighted by atomic mass is 10.3. The number of furan rings is 1. The molecule has 0 unspecified atom stereocenters. The van der Waals surface area contributed by atoms with Gasteiger partial charge in [0.05, 0.1) is 12.5 Å². The van der Waals surface area contributed by atoms with Gasteiger partial charge >= 0.3 is 0 Å². The molecule has 0 saturated carbocycles. The van der Waals surface area contributed by atoms with E-state index in [1.165, 1.54) is 19.4 Å². The minimum absolute atomic E-state index is 0.146. The molecule has 5 heteroatoms. The van der Waals surface area contributed by atoms with Crippen LogP contribution >= 0.6 is 0 Å². The van der Waals surface area contributed by atoms with Crippen molar-refractivity contribution in [3.63, 3.8) is 0 Å². The number of rotatable bonds is 2. The van der Waals surface area contributed by atoms with Gasteiger partial charge in [-0.05, 0) is 12.1 Å². The van der Waals surface area contributed by atoms with E-state index in [0.717, 1.165) is 0 Å². The number of carbonyl (C=O) groups is 1. The van der Waals surface area contributed by atoms with Crippen molar-refractivity contribution in [1.82, 2.24) is 15.2 Å². The van der Waals surface area contributed by atoms with E-state index in [-0.39, 0.29) is 11.5 Å². The van der Waals surface area contributed by atoms with Gasteiger partial charge < -0.3 is 4.42 Å². The van der Waals surface area contributed by atoms with Crippen LogP contribution in [-0.4, -0.2) is 21.0 Å². The molecule has 70 valence electrons. The molecular formula is C9H7N3O2. The third-order valence-electron chi connectivity index (χ3n) is 1.66. The first-order chi connectivity index (χ1) is 6.77. The zero-order chi connectivity index (χ0) is 9.97. The maximum Gasteiger partial charge on any atom is 0.218 e. The Morgan fingerprint density at radius 1 is 1.50 bits per heavy atom. The second kappa shape index (κ2) is 3.37. The van der Waals surface area contributed by atoms with E-state index in [9.17, 15) is 4.79 Å². The lowest BCUT2D eigenvalue weighted by Gasteiger charge is -1.95. The molecule has 2 heterocycles. The molecule has 0 aliphatic carbocycles. The number of carbonyl (C=O) groups excluding carboxylic acids is 1. The molecule has 0 aliphatic heterocycles. The fourth-order valence-electron chi connectivity index (χ4n) is 0.983. The molecular weight excluding hydrogens is 182 g/mol. The van der Waals surface area contributed by atoms with Gasteiger partial charge in [0.1, 0.15) is 5.69 Å². The molecule has 0 amide bonds. The van der Waals surface area contributed by atoms with Gasteiger partial charge in [0.25, 0.3) is 0 Å². The van der Waals surface area contributed by atoms with E-state index in [2.05, 4.69) is 15.2 Å². The van der Waals surface area contributed by atoms with E-state index < -0.39 is 0 Å². The molecule has 0 aliphatic rings. The van der Waals surface area contributed by atoms with Crippen LogP contribution in [0.5, 0.6) is 0 Å². The van der Waals surface area contributed by atoms with Gasteiger partial charge in [0.15, 0.2) is 11.5 Å². The number of ketones is 1. The van der Waals surface area contributed by atoms with Crippen LogP contribution in [0.4, 0.5) is 0 Å². The Bertz CT molecular complexity index is 451. The molecule has 0 radical (unpaired) electrons. The van der Waals surface area contributed by atoms with Gasteiger partial charge in [-0.1, -0.05) is 0 Å². The minimum Gasteiger partial charge on any atom is -0.461 e. The summed E-state index contributed by atoms with van der Waals surface area (Å²) in [5.41, 5.74) is 0.284. The largest absolute Gasteiger partial charge is 0.461 e. The van der Waals surface area contributed by atoms with Gasteiger partial charge in [-0.2, -0.15) is 5.10 Å². The van der Waals surface area contributed by atoms with Gasteiger partial charge in [0.2, 0.25) is 5.82 Å². The zero-order valence-corrected chi connectivity index (χ0v) is 7.47. The summed E-state index contributed by atoms with van der Waals surface area (Å²) in [6.07, 6.45) is 2.84. The maximum absolute atomic E-state index is 11.0. The van der Waals surface area contributed by atoms with Crippen molar-refractivity contribution in [1.29, 1.82) is 0 Å². The number of Topliss-reactive ketones (excluding diaryl/α,β-unsaturated/α-hetero) is 1. The maximum atomic E-state index is 11.0. The molecule has 2 aromatic rings. The summed E-state index contributed by atoms with van der Waals surface area (Å²) in [6.45, 7) is 1.43. The van der Waals surface area contributed by atoms with Crippen molar-refractivity contribution in [2.45, 2.75) is 6.92 Å². The second-order valence-electron chi connectivity index (χ2n) is 2.70. The molecule has 0 spiro atoms. The zero-order valence-electron chi connectivity index (χ0n) is 7.47. The lowest BCUT2D eigenvalue weighted by molar-refractivity contribution is 0.101. The predicted molar refractivity (Wildman–Crippen MR) is 47.5 cm³/mol. The predicted octanol–water partition coefficient (Wildman–Crippen LogP) is 1.33. The van der Waals surface area contributed by atoms with Gasteiger partial charge in [-0.3, -0.25) is 4.79 Å². The van der Waals surface area contributed by atoms with Gasteiger partial charge in [-0.25, -0.2) is 4.98 Å². The summed E-state index contributed by atoms with van der Waals surface area (Å²) in [5, 5.41) is 7.43. The molecule has 14 heavy (non-hydrogen) atoms. The number of nitrogens with zero attached hydrogens (tertiary/aromatic N) is 3. The Morgan fingerprint density at radius 2 is 2.36 bits per heavy atom. The highest BCUT2D eigenvalue weighted by Crippen LogP contribution is 2.13. The Labute approximate surface area is 79.8 Å². The summed E-state index contributed by atoms with van der Waals surface area (Å²) >= 11 is 0. The molecule has 0 fully saturated rings. The summed E-state index contributed by atoms with van der Waals surface area (Å²) in [7, 11) is 0. The van der Waals surface area contributed by atoms with Crippen molar-refractivity contribution in [3.8, 4) is 11.6 Å². The van der Waals surface area contributed by atoms with Crippen molar-refractivity contribution in [3.05, 3.63) is 30.3 Å². The van der Waals surface area contributed by atoms with Crippen molar-refractivity contribution >= 4 is 5.78 Å². The molecule has 0 aromatic carbocycles. The van der Waals surface area contributed by atoms with Crippen LogP contribution in [0.15, 0.2) is 29.0 Å². The number of aromatic nitrogens is 3. The first-order valence-electron chi connectivity index (χ1n) is 4.02. The monoisotopic (exact) mass is 189 g/mol. The summed E-state index contributed by atoms with van der Waals surface area (Å²) in [4.78, 5) is 15.0. The van der Waals surface area contributed by atoms with Crippen molar-refractivity contribution < 1.29 is 9.21 Å². The highest BCUT2D eigenvalue weighted by molar-refractivity contribution is 5.91. The topological polar surface area (TPSA) is 68.9 Å². The summed E-state index contributed by atoms with van der Waals surface area (Å²) in [6, 6.07) is 3.43. The highest BCUT2D eigenvalue weighted by atomic mass is 16.3. The van der Waals surface area contributed by atoms with E-state index >= 15 is 0 Å². The Hall–Kier alpha value is -2.04. The number of hydrogen-bond donors (Lipinski definition) is 0. The standard InChI is InChI=1S/C9H7N3O2/c1-6(13)7-5-10-12-9(11-7)8-3-2-4-14-8/h2-5H,1H3. The quantitative estimate of drug-likeness (QED) is 0.666. The average molecular weight is 189 g/mol. The Balaban J connectivity index is 2.46. The van der Waals surface area contributed by atoms with Crippen LogP contribution in [0.1, 0.15) is 17.4 Å². The first-order valence-corrected chi connectivity index (χ1v) is 4.02. The summed E-state index contributed by atoms with van der Waals surface area (Å²) < 4.78 is 5.08. The van der Waals surface area contributed by atoms with Gasteiger partial charge in [-0.15, -0.1) is 5.10 Å². The van der Waals surface area contributed by atoms with E-state index in [4.69, 9.17) is 4.42 Å². The molecule has 0 atom stereocenters. The third kappa shape index (κ3) is 1.52. The van der Waals surface area contributed by atoms with E-state index in [1.54, 1.807) is 12.1 Å². The smallest absolute Gasteiger partial charge is 0.218 e. The lowest BCUT2D eigenvalue weighted by Crippen LogP contribution is -2.01. The SMILES string of the molecule is CC(=O)c1cnnc(-c2ccco2)n1. The fraction of sp³-hybridized carbons (Fsp3) is 0.111. The van der Waals surface area contributed by atoms with E-state index in [1.807, 2.05) is 0 Å². The Morgan fingerprint density at radius 3 is 3.00 bits per heavy atom. The third-order valence-corrected chi connectivity index (χ3v) is 1.66. The van der Waals surface area contributed by atoms with E-state index in [0.29, 0.717) is 11.6 Å². The molecule has 0 saturated heterocycles. The molecule has 5 nitrogen and oxygen atoms in total. The van der Waals surface area contributed by atoms with Crippen LogP contribution in [-0.2, 0) is 0 Å². The first kappa shape index (κ1) is 8.55. The molecule has 0 bridgehead atoms. The van der Waals surface area contributed by atoms with Crippen LogP contribution in [0.3, 0.4) is 0 Å². The van der Waals surface area contributed by atoms with Crippen LogP contribution < -0.4 is 0 Å². The highest BCUT2D eigenvalue weighted by Gasteiger charge is 2.08. The van der Waals surface area contributed by atoms with Gasteiger partial charge in [0, 0.05) is 6.92 Å². The van der Waals surface area contributed by atoms with Crippen LogP contribution in [0.2, 0.25) is 0 Å². The Kier molecular flexibility index (Phi) is 2.06. The average Bonchev–Trinajstić information content (AvgIpc) is 2.71. The van der Waals surface area contributed by atoms with Crippen LogP contribution in [0.25, 0.3) is 11.6 Å². The molecule has 2 rings (SSSR count). The van der Waals surface area contributed by atoms with Crippen molar-refractivity contribution in [2.24, 2.45) is 0 Å². The molecule has 0 N–H and O–H groups in total. The molecule has 2 aromatic heterocycles. The van der Waals surface area contributed by atoms with Crippen molar-refractivity contribution in [2.75, 3.05) is 0 Å². The van der Waals surface area contributed by atoms with Crippen LogP contribution in [0, 0.1) is 0 Å². The minimum atomic E-state index is -0.146. The normalized spacial score (nSPS) is 10.1. The number of hydrogen-bond acceptors (Lipinski definition) is 5.